The molecular formula is C18H33N3O4. The number of hydrogen-bond acceptors (Lipinski definition) is 5. The van der Waals surface area contributed by atoms with Crippen LogP contribution in [0.5, 0.6) is 0 Å². The van der Waals surface area contributed by atoms with Crippen molar-refractivity contribution in [3.05, 3.63) is 0 Å². The Morgan fingerprint density at radius 3 is 1.68 bits per heavy atom. The number of carbonyl (C=O) groups is 2. The van der Waals surface area contributed by atoms with Crippen LogP contribution in [0.4, 0.5) is 0 Å². The van der Waals surface area contributed by atoms with Crippen LogP contribution in [-0.4, -0.2) is 35.6 Å². The molecule has 0 aromatic heterocycles. The lowest BCUT2D eigenvalue weighted by molar-refractivity contribution is -0.188. The van der Waals surface area contributed by atoms with Crippen LogP contribution in [0.3, 0.4) is 0 Å². The van der Waals surface area contributed by atoms with Gasteiger partial charge in [0.05, 0.1) is 0 Å². The first kappa shape index (κ1) is 21.3. The van der Waals surface area contributed by atoms with Gasteiger partial charge in [-0.1, -0.05) is 0 Å². The number of rotatable bonds is 4. The molecule has 0 heterocycles. The fourth-order valence-corrected chi connectivity index (χ4v) is 2.83. The SMILES string of the molecule is CC(C)(C)OC(=O)C1(C(=O)OC(C)(C)C)CCC(CN=C(N)N)CC1. The van der Waals surface area contributed by atoms with Crippen LogP contribution in [0, 0.1) is 11.3 Å². The first-order valence-corrected chi connectivity index (χ1v) is 8.77. The van der Waals surface area contributed by atoms with Crippen molar-refractivity contribution < 1.29 is 19.1 Å². The average Bonchev–Trinajstić information content (AvgIpc) is 2.41. The van der Waals surface area contributed by atoms with E-state index in [2.05, 4.69) is 4.99 Å². The molecule has 1 aliphatic rings. The summed E-state index contributed by atoms with van der Waals surface area (Å²) in [5.41, 5.74) is 8.17. The Labute approximate surface area is 150 Å². The molecule has 0 radical (unpaired) electrons. The molecule has 0 aliphatic heterocycles. The van der Waals surface area contributed by atoms with E-state index < -0.39 is 28.6 Å². The smallest absolute Gasteiger partial charge is 0.324 e. The molecule has 0 bridgehead atoms. The maximum absolute atomic E-state index is 12.8. The zero-order valence-corrected chi connectivity index (χ0v) is 16.3. The van der Waals surface area contributed by atoms with Gasteiger partial charge in [0.1, 0.15) is 11.2 Å². The van der Waals surface area contributed by atoms with Crippen molar-refractivity contribution >= 4 is 17.9 Å². The number of carbonyl (C=O) groups excluding carboxylic acids is 2. The Bertz CT molecular complexity index is 487. The number of nitrogens with two attached hydrogens (primary N) is 2. The minimum absolute atomic E-state index is 0.0520. The normalized spacial score (nSPS) is 18.3. The van der Waals surface area contributed by atoms with Crippen molar-refractivity contribution in [1.29, 1.82) is 0 Å². The van der Waals surface area contributed by atoms with E-state index >= 15 is 0 Å². The van der Waals surface area contributed by atoms with E-state index in [1.165, 1.54) is 0 Å². The predicted molar refractivity (Wildman–Crippen MR) is 96.8 cm³/mol. The zero-order valence-electron chi connectivity index (χ0n) is 16.3. The molecule has 7 heteroatoms. The fraction of sp³-hybridized carbons (Fsp3) is 0.833. The molecule has 1 saturated carbocycles. The van der Waals surface area contributed by atoms with Crippen LogP contribution in [-0.2, 0) is 19.1 Å². The second kappa shape index (κ2) is 7.62. The predicted octanol–water partition coefficient (Wildman–Crippen LogP) is 2.12. The monoisotopic (exact) mass is 355 g/mol. The van der Waals surface area contributed by atoms with E-state index in [-0.39, 0.29) is 11.9 Å². The van der Waals surface area contributed by atoms with Crippen LogP contribution >= 0.6 is 0 Å². The molecule has 7 nitrogen and oxygen atoms in total. The highest BCUT2D eigenvalue weighted by molar-refractivity contribution is 6.00. The molecule has 0 unspecified atom stereocenters. The summed E-state index contributed by atoms with van der Waals surface area (Å²) in [4.78, 5) is 29.7. The molecule has 0 spiro atoms. The summed E-state index contributed by atoms with van der Waals surface area (Å²) in [7, 11) is 0. The lowest BCUT2D eigenvalue weighted by atomic mass is 9.70. The Morgan fingerprint density at radius 1 is 0.960 bits per heavy atom. The highest BCUT2D eigenvalue weighted by Gasteiger charge is 2.52. The minimum atomic E-state index is -1.25. The van der Waals surface area contributed by atoms with Gasteiger partial charge >= 0.3 is 11.9 Å². The number of aliphatic imine (C=N–C) groups is 1. The zero-order chi connectivity index (χ0) is 19.5. The highest BCUT2D eigenvalue weighted by atomic mass is 16.6. The number of ether oxygens (including phenoxy) is 2. The highest BCUT2D eigenvalue weighted by Crippen LogP contribution is 2.42. The van der Waals surface area contributed by atoms with Gasteiger partial charge in [0.15, 0.2) is 11.4 Å². The van der Waals surface area contributed by atoms with Crippen molar-refractivity contribution in [1.82, 2.24) is 0 Å². The van der Waals surface area contributed by atoms with Gasteiger partial charge in [0.25, 0.3) is 0 Å². The van der Waals surface area contributed by atoms with Gasteiger partial charge in [-0.3, -0.25) is 14.6 Å². The Kier molecular flexibility index (Phi) is 6.48. The van der Waals surface area contributed by atoms with E-state index in [0.29, 0.717) is 32.2 Å². The molecule has 0 aromatic rings. The molecule has 4 N–H and O–H groups in total. The number of guanidine groups is 1. The maximum Gasteiger partial charge on any atom is 0.324 e. The van der Waals surface area contributed by atoms with Gasteiger partial charge in [-0.05, 0) is 73.1 Å². The van der Waals surface area contributed by atoms with Crippen LogP contribution in [0.2, 0.25) is 0 Å². The van der Waals surface area contributed by atoms with E-state index in [1.807, 2.05) is 0 Å². The van der Waals surface area contributed by atoms with Gasteiger partial charge in [-0.25, -0.2) is 0 Å². The lowest BCUT2D eigenvalue weighted by Gasteiger charge is -2.39. The summed E-state index contributed by atoms with van der Waals surface area (Å²) in [5, 5.41) is 0. The third-order valence-electron chi connectivity index (χ3n) is 4.07. The lowest BCUT2D eigenvalue weighted by Crippen LogP contribution is -2.48. The maximum atomic E-state index is 12.8. The Balaban J connectivity index is 2.97. The molecule has 1 aliphatic carbocycles. The van der Waals surface area contributed by atoms with Crippen LogP contribution in [0.1, 0.15) is 67.2 Å². The first-order valence-electron chi connectivity index (χ1n) is 8.77. The standard InChI is InChI=1S/C18H33N3O4/c1-16(2,3)24-13(22)18(14(23)25-17(4,5)6)9-7-12(8-10-18)11-21-15(19)20/h12H,7-11H2,1-6H3,(H4,19,20,21). The van der Waals surface area contributed by atoms with Crippen molar-refractivity contribution in [2.75, 3.05) is 6.54 Å². The quantitative estimate of drug-likeness (QED) is 0.345. The number of hydrogen-bond donors (Lipinski definition) is 2. The largest absolute Gasteiger partial charge is 0.459 e. The summed E-state index contributed by atoms with van der Waals surface area (Å²) < 4.78 is 11.1. The number of esters is 2. The second-order valence-corrected chi connectivity index (χ2v) is 8.79. The van der Waals surface area contributed by atoms with Gasteiger partial charge in [0, 0.05) is 6.54 Å². The molecule has 1 fully saturated rings. The molecule has 1 rings (SSSR count). The van der Waals surface area contributed by atoms with E-state index in [0.717, 1.165) is 0 Å². The topological polar surface area (TPSA) is 117 Å². The van der Waals surface area contributed by atoms with E-state index in [9.17, 15) is 9.59 Å². The van der Waals surface area contributed by atoms with E-state index in [1.54, 1.807) is 41.5 Å². The average molecular weight is 355 g/mol. The molecule has 144 valence electrons. The molecule has 25 heavy (non-hydrogen) atoms. The van der Waals surface area contributed by atoms with E-state index in [4.69, 9.17) is 20.9 Å². The van der Waals surface area contributed by atoms with Crippen molar-refractivity contribution in [3.8, 4) is 0 Å². The summed E-state index contributed by atoms with van der Waals surface area (Å²) in [6.07, 6.45) is 2.08. The molecule has 0 aromatic carbocycles. The summed E-state index contributed by atoms with van der Waals surface area (Å²) in [6, 6.07) is 0. The molecule has 0 saturated heterocycles. The third kappa shape index (κ3) is 6.55. The van der Waals surface area contributed by atoms with Gasteiger partial charge in [-0.15, -0.1) is 0 Å². The summed E-state index contributed by atoms with van der Waals surface area (Å²) >= 11 is 0. The Hall–Kier alpha value is -1.79. The number of nitrogens with zero attached hydrogens (tertiary/aromatic N) is 1. The van der Waals surface area contributed by atoms with Crippen molar-refractivity contribution in [3.63, 3.8) is 0 Å². The van der Waals surface area contributed by atoms with Gasteiger partial charge in [0.2, 0.25) is 0 Å². The van der Waals surface area contributed by atoms with Crippen molar-refractivity contribution in [2.24, 2.45) is 27.8 Å². The van der Waals surface area contributed by atoms with Crippen molar-refractivity contribution in [2.45, 2.75) is 78.4 Å². The van der Waals surface area contributed by atoms with Crippen LogP contribution in [0.25, 0.3) is 0 Å². The summed E-state index contributed by atoms with van der Waals surface area (Å²) in [6.45, 7) is 11.2. The third-order valence-corrected chi connectivity index (χ3v) is 4.07. The second-order valence-electron chi connectivity index (χ2n) is 8.79. The first-order chi connectivity index (χ1) is 11.3. The van der Waals surface area contributed by atoms with Gasteiger partial charge < -0.3 is 20.9 Å². The molecular weight excluding hydrogens is 322 g/mol. The minimum Gasteiger partial charge on any atom is -0.459 e. The summed E-state index contributed by atoms with van der Waals surface area (Å²) in [5.74, 6) is -0.722. The Morgan fingerprint density at radius 2 is 1.36 bits per heavy atom. The molecule has 0 atom stereocenters. The van der Waals surface area contributed by atoms with Gasteiger partial charge in [-0.2, -0.15) is 0 Å². The fourth-order valence-electron chi connectivity index (χ4n) is 2.83. The van der Waals surface area contributed by atoms with Crippen LogP contribution in [0.15, 0.2) is 4.99 Å². The van der Waals surface area contributed by atoms with Crippen LogP contribution < -0.4 is 11.5 Å². The molecule has 0 amide bonds.